The number of amides is 2. The lowest BCUT2D eigenvalue weighted by Crippen LogP contribution is -2.52. The fourth-order valence-corrected chi connectivity index (χ4v) is 3.44. The molecule has 0 radical (unpaired) electrons. The lowest BCUT2D eigenvalue weighted by molar-refractivity contribution is -0.161. The molecule has 0 aliphatic carbocycles. The van der Waals surface area contributed by atoms with Crippen molar-refractivity contribution < 1.29 is 19.1 Å². The molecule has 0 saturated carbocycles. The number of rotatable bonds is 7. The average molecular weight is 360 g/mol. The Labute approximate surface area is 154 Å². The molecule has 6 heteroatoms. The summed E-state index contributed by atoms with van der Waals surface area (Å²) in [4.78, 5) is 37.9. The van der Waals surface area contributed by atoms with Crippen LogP contribution < -0.4 is 5.32 Å². The summed E-state index contributed by atoms with van der Waals surface area (Å²) in [5.74, 6) is -0.627. The van der Waals surface area contributed by atoms with Gasteiger partial charge in [0.25, 0.3) is 0 Å². The van der Waals surface area contributed by atoms with Crippen LogP contribution in [0.5, 0.6) is 0 Å². The second-order valence-electron chi connectivity index (χ2n) is 6.81. The van der Waals surface area contributed by atoms with Crippen molar-refractivity contribution in [1.82, 2.24) is 10.2 Å². The number of nitrogens with one attached hydrogen (secondary N) is 1. The first-order chi connectivity index (χ1) is 12.5. The molecule has 0 unspecified atom stereocenters. The van der Waals surface area contributed by atoms with Crippen LogP contribution in [0.15, 0.2) is 30.3 Å². The summed E-state index contributed by atoms with van der Waals surface area (Å²) in [6, 6.07) is 10.0. The van der Waals surface area contributed by atoms with Gasteiger partial charge in [-0.15, -0.1) is 0 Å². The average Bonchev–Trinajstić information content (AvgIpc) is 2.65. The van der Waals surface area contributed by atoms with Crippen LogP contribution in [0.4, 0.5) is 0 Å². The van der Waals surface area contributed by atoms with Crippen molar-refractivity contribution in [2.75, 3.05) is 26.2 Å². The summed E-state index contributed by atoms with van der Waals surface area (Å²) in [7, 11) is 0. The molecule has 1 saturated heterocycles. The maximum atomic E-state index is 12.7. The van der Waals surface area contributed by atoms with Crippen LogP contribution in [0.3, 0.4) is 0 Å². The van der Waals surface area contributed by atoms with Gasteiger partial charge in [-0.05, 0) is 38.2 Å². The first-order valence-electron chi connectivity index (χ1n) is 9.20. The van der Waals surface area contributed by atoms with Gasteiger partial charge in [-0.1, -0.05) is 30.3 Å². The zero-order chi connectivity index (χ0) is 19.0. The predicted octanol–water partition coefficient (Wildman–Crippen LogP) is 1.93. The SMILES string of the molecule is CCOC(=O)[C@]1(CCc2ccccc2)CCCN(C(=O)CNC(C)=O)C1. The molecule has 1 aliphatic heterocycles. The molecule has 2 rings (SSSR count). The van der Waals surface area contributed by atoms with E-state index in [2.05, 4.69) is 5.32 Å². The highest BCUT2D eigenvalue weighted by Crippen LogP contribution is 2.36. The molecule has 142 valence electrons. The van der Waals surface area contributed by atoms with Gasteiger partial charge in [0.2, 0.25) is 11.8 Å². The summed E-state index contributed by atoms with van der Waals surface area (Å²) in [5.41, 5.74) is 0.480. The number of nitrogens with zero attached hydrogens (tertiary/aromatic N) is 1. The number of hydrogen-bond acceptors (Lipinski definition) is 4. The second kappa shape index (κ2) is 9.36. The Bertz CT molecular complexity index is 632. The van der Waals surface area contributed by atoms with Gasteiger partial charge < -0.3 is 15.0 Å². The molecule has 1 heterocycles. The molecule has 6 nitrogen and oxygen atoms in total. The number of piperidine rings is 1. The number of benzene rings is 1. The Morgan fingerprint density at radius 3 is 2.62 bits per heavy atom. The van der Waals surface area contributed by atoms with Gasteiger partial charge in [0, 0.05) is 20.0 Å². The van der Waals surface area contributed by atoms with E-state index < -0.39 is 5.41 Å². The zero-order valence-electron chi connectivity index (χ0n) is 15.6. The topological polar surface area (TPSA) is 75.7 Å². The fourth-order valence-electron chi connectivity index (χ4n) is 3.44. The minimum Gasteiger partial charge on any atom is -0.466 e. The maximum Gasteiger partial charge on any atom is 0.313 e. The van der Waals surface area contributed by atoms with E-state index in [1.165, 1.54) is 6.92 Å². The van der Waals surface area contributed by atoms with Gasteiger partial charge in [0.05, 0.1) is 18.6 Å². The minimum atomic E-state index is -0.685. The molecule has 1 atom stereocenters. The van der Waals surface area contributed by atoms with E-state index in [1.807, 2.05) is 30.3 Å². The molecule has 26 heavy (non-hydrogen) atoms. The van der Waals surface area contributed by atoms with Crippen molar-refractivity contribution in [3.05, 3.63) is 35.9 Å². The lowest BCUT2D eigenvalue weighted by Gasteiger charge is -2.41. The van der Waals surface area contributed by atoms with Gasteiger partial charge in [-0.2, -0.15) is 0 Å². The lowest BCUT2D eigenvalue weighted by atomic mass is 9.75. The molecule has 0 aromatic heterocycles. The monoisotopic (exact) mass is 360 g/mol. The minimum absolute atomic E-state index is 0.0348. The molecular formula is C20H28N2O4. The Balaban J connectivity index is 2.10. The highest BCUT2D eigenvalue weighted by molar-refractivity contribution is 5.85. The first-order valence-corrected chi connectivity index (χ1v) is 9.20. The summed E-state index contributed by atoms with van der Waals surface area (Å²) in [6.07, 6.45) is 2.86. The number of likely N-dealkylation sites (tertiary alicyclic amines) is 1. The van der Waals surface area contributed by atoms with Gasteiger partial charge >= 0.3 is 5.97 Å². The molecule has 0 bridgehead atoms. The van der Waals surface area contributed by atoms with Crippen LogP contribution in [0.2, 0.25) is 0 Å². The van der Waals surface area contributed by atoms with Gasteiger partial charge in [-0.3, -0.25) is 14.4 Å². The van der Waals surface area contributed by atoms with Crippen molar-refractivity contribution in [3.63, 3.8) is 0 Å². The molecular weight excluding hydrogens is 332 g/mol. The fraction of sp³-hybridized carbons (Fsp3) is 0.550. The van der Waals surface area contributed by atoms with Gasteiger partial charge in [0.1, 0.15) is 0 Å². The Hall–Kier alpha value is -2.37. The van der Waals surface area contributed by atoms with Crippen LogP contribution >= 0.6 is 0 Å². The summed E-state index contributed by atoms with van der Waals surface area (Å²) in [5, 5.41) is 2.54. The quantitative estimate of drug-likeness (QED) is 0.754. The highest BCUT2D eigenvalue weighted by Gasteiger charge is 2.44. The van der Waals surface area contributed by atoms with E-state index in [1.54, 1.807) is 11.8 Å². The smallest absolute Gasteiger partial charge is 0.313 e. The molecule has 1 aliphatic rings. The van der Waals surface area contributed by atoms with Crippen molar-refractivity contribution in [1.29, 1.82) is 0 Å². The van der Waals surface area contributed by atoms with E-state index in [4.69, 9.17) is 4.74 Å². The van der Waals surface area contributed by atoms with E-state index in [9.17, 15) is 14.4 Å². The van der Waals surface area contributed by atoms with Crippen molar-refractivity contribution in [3.8, 4) is 0 Å². The molecule has 2 amide bonds. The number of aryl methyl sites for hydroxylation is 1. The maximum absolute atomic E-state index is 12.7. The Morgan fingerprint density at radius 2 is 1.96 bits per heavy atom. The molecule has 1 N–H and O–H groups in total. The van der Waals surface area contributed by atoms with E-state index in [0.717, 1.165) is 18.4 Å². The molecule has 0 spiro atoms. The third kappa shape index (κ3) is 5.31. The van der Waals surface area contributed by atoms with Crippen molar-refractivity contribution in [2.24, 2.45) is 5.41 Å². The number of ether oxygens (including phenoxy) is 1. The van der Waals surface area contributed by atoms with Crippen LogP contribution in [-0.2, 0) is 25.5 Å². The van der Waals surface area contributed by atoms with Gasteiger partial charge in [-0.25, -0.2) is 0 Å². The van der Waals surface area contributed by atoms with Crippen LogP contribution in [0.25, 0.3) is 0 Å². The first kappa shape index (κ1) is 19.9. The van der Waals surface area contributed by atoms with E-state index >= 15 is 0 Å². The second-order valence-corrected chi connectivity index (χ2v) is 6.81. The summed E-state index contributed by atoms with van der Waals surface area (Å²) < 4.78 is 5.35. The van der Waals surface area contributed by atoms with Crippen molar-refractivity contribution in [2.45, 2.75) is 39.5 Å². The van der Waals surface area contributed by atoms with E-state index in [0.29, 0.717) is 32.5 Å². The van der Waals surface area contributed by atoms with Crippen LogP contribution in [-0.4, -0.2) is 48.9 Å². The van der Waals surface area contributed by atoms with Crippen LogP contribution in [0, 0.1) is 5.41 Å². The zero-order valence-corrected chi connectivity index (χ0v) is 15.6. The third-order valence-corrected chi connectivity index (χ3v) is 4.86. The Morgan fingerprint density at radius 1 is 1.23 bits per heavy atom. The number of carbonyl (C=O) groups is 3. The number of hydrogen-bond donors (Lipinski definition) is 1. The highest BCUT2D eigenvalue weighted by atomic mass is 16.5. The largest absolute Gasteiger partial charge is 0.466 e. The normalized spacial score (nSPS) is 19.7. The summed E-state index contributed by atoms with van der Waals surface area (Å²) >= 11 is 0. The summed E-state index contributed by atoms with van der Waals surface area (Å²) in [6.45, 7) is 4.41. The third-order valence-electron chi connectivity index (χ3n) is 4.86. The van der Waals surface area contributed by atoms with Crippen LogP contribution in [0.1, 0.15) is 38.7 Å². The molecule has 1 fully saturated rings. The number of carbonyl (C=O) groups excluding carboxylic acids is 3. The molecule has 1 aromatic carbocycles. The standard InChI is InChI=1S/C20H28N2O4/c1-3-26-19(25)20(12-10-17-8-5-4-6-9-17)11-7-13-22(15-20)18(24)14-21-16(2)23/h4-6,8-9H,3,7,10-15H2,1-2H3,(H,21,23)/t20-/m0/s1. The molecule has 1 aromatic rings. The van der Waals surface area contributed by atoms with E-state index in [-0.39, 0.29) is 24.3 Å². The van der Waals surface area contributed by atoms with Gasteiger partial charge in [0.15, 0.2) is 0 Å². The Kier molecular flexibility index (Phi) is 7.18. The predicted molar refractivity (Wildman–Crippen MR) is 98.3 cm³/mol. The van der Waals surface area contributed by atoms with Crippen molar-refractivity contribution >= 4 is 17.8 Å². The number of esters is 1.